The summed E-state index contributed by atoms with van der Waals surface area (Å²) in [5.41, 5.74) is 2.76. The summed E-state index contributed by atoms with van der Waals surface area (Å²) < 4.78 is 1.27. The minimum atomic E-state index is 0.730. The Morgan fingerprint density at radius 2 is 1.84 bits per heavy atom. The van der Waals surface area contributed by atoms with Crippen LogP contribution in [0.15, 0.2) is 48.6 Å². The van der Waals surface area contributed by atoms with Gasteiger partial charge in [-0.25, -0.2) is 0 Å². The average Bonchev–Trinajstić information content (AvgIpc) is 2.47. The second kappa shape index (κ2) is 7.88. The molecule has 1 aromatic carbocycles. The van der Waals surface area contributed by atoms with E-state index in [1.54, 1.807) is 0 Å². The zero-order chi connectivity index (χ0) is 13.5. The van der Waals surface area contributed by atoms with E-state index in [0.717, 1.165) is 11.8 Å². The Balaban J connectivity index is 2.13. The molecule has 1 heteroatoms. The number of benzene rings is 1. The zero-order valence-electron chi connectivity index (χ0n) is 11.7. The number of allylic oxidation sites excluding steroid dienone is 4. The van der Waals surface area contributed by atoms with Crippen molar-refractivity contribution in [2.45, 2.75) is 32.6 Å². The molecule has 1 aliphatic rings. The van der Waals surface area contributed by atoms with Gasteiger partial charge in [-0.05, 0) is 46.7 Å². The van der Waals surface area contributed by atoms with Crippen molar-refractivity contribution >= 4 is 28.2 Å². The summed E-state index contributed by atoms with van der Waals surface area (Å²) in [6.07, 6.45) is 12.6. The van der Waals surface area contributed by atoms with Crippen molar-refractivity contribution in [3.05, 3.63) is 54.1 Å². The third-order valence-corrected chi connectivity index (χ3v) is 4.63. The molecule has 1 aromatic rings. The van der Waals surface area contributed by atoms with Crippen molar-refractivity contribution < 1.29 is 0 Å². The van der Waals surface area contributed by atoms with E-state index in [2.05, 4.69) is 78.1 Å². The summed E-state index contributed by atoms with van der Waals surface area (Å²) >= 11 is 2.49. The molecule has 0 bridgehead atoms. The quantitative estimate of drug-likeness (QED) is 0.435. The first-order valence-corrected chi connectivity index (χ1v) is 8.89. The van der Waals surface area contributed by atoms with Crippen LogP contribution in [0.5, 0.6) is 0 Å². The van der Waals surface area contributed by atoms with E-state index in [1.165, 1.54) is 41.2 Å². The summed E-state index contributed by atoms with van der Waals surface area (Å²) in [6.45, 7) is 2.30. The highest BCUT2D eigenvalue weighted by molar-refractivity contribution is 14.1. The summed E-state index contributed by atoms with van der Waals surface area (Å²) in [7, 11) is 0. The summed E-state index contributed by atoms with van der Waals surface area (Å²) in [4.78, 5) is 0. The maximum absolute atomic E-state index is 2.51. The largest absolute Gasteiger partial charge is 0.0864 e. The molecule has 0 amide bonds. The first-order valence-electron chi connectivity index (χ1n) is 7.36. The molecule has 0 aliphatic heterocycles. The van der Waals surface area contributed by atoms with Crippen LogP contribution in [-0.2, 0) is 0 Å². The first kappa shape index (κ1) is 14.8. The van der Waals surface area contributed by atoms with Gasteiger partial charge in [-0.15, -0.1) is 0 Å². The topological polar surface area (TPSA) is 0 Å². The molecular weight excluding hydrogens is 343 g/mol. The fourth-order valence-electron chi connectivity index (χ4n) is 2.86. The van der Waals surface area contributed by atoms with Crippen LogP contribution in [0.3, 0.4) is 0 Å². The smallest absolute Gasteiger partial charge is 0.000451 e. The van der Waals surface area contributed by atoms with E-state index in [9.17, 15) is 0 Å². The van der Waals surface area contributed by atoms with Crippen LogP contribution >= 0.6 is 22.6 Å². The molecule has 0 N–H and O–H groups in total. The van der Waals surface area contributed by atoms with Gasteiger partial charge in [0, 0.05) is 0 Å². The van der Waals surface area contributed by atoms with Gasteiger partial charge in [-0.1, -0.05) is 84.5 Å². The van der Waals surface area contributed by atoms with Crippen LogP contribution in [0.4, 0.5) is 0 Å². The molecule has 2 unspecified atom stereocenters. The van der Waals surface area contributed by atoms with Gasteiger partial charge in [0.1, 0.15) is 0 Å². The summed E-state index contributed by atoms with van der Waals surface area (Å²) in [5.74, 6) is 1.48. The van der Waals surface area contributed by atoms with Gasteiger partial charge in [-0.3, -0.25) is 0 Å². The molecule has 2 rings (SSSR count). The predicted molar refractivity (Wildman–Crippen MR) is 93.6 cm³/mol. The Hall–Kier alpha value is -0.570. The van der Waals surface area contributed by atoms with Crippen LogP contribution in [0.1, 0.15) is 38.2 Å². The van der Waals surface area contributed by atoms with Crippen molar-refractivity contribution in [1.29, 1.82) is 0 Å². The highest BCUT2D eigenvalue weighted by Gasteiger charge is 2.20. The minimum Gasteiger partial charge on any atom is -0.0864 e. The minimum absolute atomic E-state index is 0.730. The van der Waals surface area contributed by atoms with Crippen molar-refractivity contribution in [1.82, 2.24) is 0 Å². The lowest BCUT2D eigenvalue weighted by Gasteiger charge is -2.26. The molecule has 0 nitrogen and oxygen atoms in total. The summed E-state index contributed by atoms with van der Waals surface area (Å²) in [5, 5.41) is 0. The molecule has 1 aliphatic carbocycles. The maximum Gasteiger partial charge on any atom is -0.000451 e. The van der Waals surface area contributed by atoms with Gasteiger partial charge >= 0.3 is 0 Å². The molecule has 0 saturated carbocycles. The number of halogens is 1. The molecule has 0 saturated heterocycles. The standard InChI is InChI=1S/C18H23I/c1-2-7-17-14-18(15-8-4-3-5-9-15)12-11-16(17)10-6-13-19/h3-5,8-9,11-12,14,16-17H,2,6-7,10,13H2,1H3. The normalized spacial score (nSPS) is 22.3. The van der Waals surface area contributed by atoms with Gasteiger partial charge < -0.3 is 0 Å². The SMILES string of the molecule is CCCC1C=C(c2ccccc2)C=CC1CCCI. The monoisotopic (exact) mass is 366 g/mol. The number of rotatable bonds is 6. The Morgan fingerprint density at radius 3 is 2.53 bits per heavy atom. The highest BCUT2D eigenvalue weighted by Crippen LogP contribution is 2.33. The predicted octanol–water partition coefficient (Wildman–Crippen LogP) is 5.89. The first-order chi connectivity index (χ1) is 9.35. The van der Waals surface area contributed by atoms with Crippen molar-refractivity contribution in [3.63, 3.8) is 0 Å². The molecule has 0 spiro atoms. The highest BCUT2D eigenvalue weighted by atomic mass is 127. The van der Waals surface area contributed by atoms with Crippen LogP contribution in [-0.4, -0.2) is 4.43 Å². The second-order valence-corrected chi connectivity index (χ2v) is 6.37. The third kappa shape index (κ3) is 4.20. The maximum atomic E-state index is 2.51. The Labute approximate surface area is 131 Å². The van der Waals surface area contributed by atoms with Crippen molar-refractivity contribution in [2.24, 2.45) is 11.8 Å². The van der Waals surface area contributed by atoms with Crippen LogP contribution in [0.2, 0.25) is 0 Å². The van der Waals surface area contributed by atoms with Crippen LogP contribution in [0, 0.1) is 11.8 Å². The molecule has 0 heterocycles. The molecule has 0 fully saturated rings. The summed E-state index contributed by atoms with van der Waals surface area (Å²) in [6, 6.07) is 10.8. The van der Waals surface area contributed by atoms with Gasteiger partial charge in [0.2, 0.25) is 0 Å². The molecule has 102 valence electrons. The Kier molecular flexibility index (Phi) is 6.15. The molecule has 0 radical (unpaired) electrons. The Morgan fingerprint density at radius 1 is 1.05 bits per heavy atom. The van der Waals surface area contributed by atoms with E-state index < -0.39 is 0 Å². The van der Waals surface area contributed by atoms with Gasteiger partial charge in [0.25, 0.3) is 0 Å². The lowest BCUT2D eigenvalue weighted by molar-refractivity contribution is 0.412. The van der Waals surface area contributed by atoms with Gasteiger partial charge in [0.05, 0.1) is 0 Å². The van der Waals surface area contributed by atoms with Crippen LogP contribution in [0.25, 0.3) is 5.57 Å². The molecule has 19 heavy (non-hydrogen) atoms. The molecular formula is C18H23I. The fourth-order valence-corrected chi connectivity index (χ4v) is 3.30. The molecule has 0 aromatic heterocycles. The van der Waals surface area contributed by atoms with E-state index in [0.29, 0.717) is 0 Å². The van der Waals surface area contributed by atoms with E-state index >= 15 is 0 Å². The third-order valence-electron chi connectivity index (χ3n) is 3.87. The Bertz CT molecular complexity index is 430. The lowest BCUT2D eigenvalue weighted by Crippen LogP contribution is -2.14. The van der Waals surface area contributed by atoms with Crippen molar-refractivity contribution in [3.8, 4) is 0 Å². The fraction of sp³-hybridized carbons (Fsp3) is 0.444. The zero-order valence-corrected chi connectivity index (χ0v) is 13.8. The van der Waals surface area contributed by atoms with Crippen molar-refractivity contribution in [2.75, 3.05) is 4.43 Å². The van der Waals surface area contributed by atoms with Crippen LogP contribution < -0.4 is 0 Å². The van der Waals surface area contributed by atoms with E-state index in [4.69, 9.17) is 0 Å². The van der Waals surface area contributed by atoms with E-state index in [-0.39, 0.29) is 0 Å². The van der Waals surface area contributed by atoms with E-state index in [1.807, 2.05) is 0 Å². The average molecular weight is 366 g/mol. The van der Waals surface area contributed by atoms with Gasteiger partial charge in [0.15, 0.2) is 0 Å². The number of hydrogen-bond donors (Lipinski definition) is 0. The number of hydrogen-bond acceptors (Lipinski definition) is 0. The lowest BCUT2D eigenvalue weighted by atomic mass is 9.79. The van der Waals surface area contributed by atoms with Gasteiger partial charge in [-0.2, -0.15) is 0 Å². The second-order valence-electron chi connectivity index (χ2n) is 5.29. The molecule has 2 atom stereocenters. The number of alkyl halides is 1.